The van der Waals surface area contributed by atoms with E-state index in [0.29, 0.717) is 33.7 Å². The maximum Gasteiger partial charge on any atom is 0.229 e. The average Bonchev–Trinajstić information content (AvgIpc) is 3.42. The maximum absolute atomic E-state index is 13.9. The van der Waals surface area contributed by atoms with Crippen molar-refractivity contribution in [1.82, 2.24) is 9.97 Å². The van der Waals surface area contributed by atoms with E-state index in [1.165, 1.54) is 23.6 Å². The Morgan fingerprint density at radius 2 is 1.91 bits per heavy atom. The van der Waals surface area contributed by atoms with Crippen molar-refractivity contribution in [3.05, 3.63) is 71.8 Å². The summed E-state index contributed by atoms with van der Waals surface area (Å²) in [5, 5.41) is 4.97. The number of rotatable bonds is 8. The van der Waals surface area contributed by atoms with E-state index in [4.69, 9.17) is 4.42 Å². The number of thiazole rings is 1. The molecule has 0 unspecified atom stereocenters. The van der Waals surface area contributed by atoms with E-state index in [9.17, 15) is 17.6 Å². The molecule has 0 saturated heterocycles. The number of amides is 1. The molecule has 2 N–H and O–H groups in total. The van der Waals surface area contributed by atoms with Crippen molar-refractivity contribution in [2.75, 3.05) is 16.3 Å². The minimum Gasteiger partial charge on any atom is -0.441 e. The third-order valence-corrected chi connectivity index (χ3v) is 5.86. The number of aromatic nitrogens is 2. The molecular formula is C22H19FN4O4S2. The Bertz CT molecular complexity index is 1380. The normalized spacial score (nSPS) is 11.3. The molecular weight excluding hydrogens is 467 g/mol. The molecule has 4 rings (SSSR count). The standard InChI is InChI=1S/C22H19FN4O4S2/c1-33(29,30)27-15-8-6-14(7-9-15)18-13-32-22(25-18)26-20(28)10-11-21-24-12-19(31-21)16-4-2-3-5-17(16)23/h2-9,12-13,27H,10-11H2,1H3,(H,25,26,28). The molecule has 170 valence electrons. The van der Waals surface area contributed by atoms with Crippen LogP contribution >= 0.6 is 11.3 Å². The second-order valence-corrected chi connectivity index (χ2v) is 9.74. The van der Waals surface area contributed by atoms with Crippen LogP contribution in [0, 0.1) is 5.82 Å². The molecule has 0 atom stereocenters. The Morgan fingerprint density at radius 3 is 2.64 bits per heavy atom. The fourth-order valence-electron chi connectivity index (χ4n) is 3.00. The van der Waals surface area contributed by atoms with E-state index in [0.717, 1.165) is 11.8 Å². The lowest BCUT2D eigenvalue weighted by Crippen LogP contribution is -2.12. The SMILES string of the molecule is CS(=O)(=O)Nc1ccc(-c2csc(NC(=O)CCc3ncc(-c4ccccc4F)o3)n2)cc1. The van der Waals surface area contributed by atoms with Crippen molar-refractivity contribution in [2.24, 2.45) is 0 Å². The van der Waals surface area contributed by atoms with Crippen LogP contribution in [-0.4, -0.2) is 30.5 Å². The minimum atomic E-state index is -3.34. The summed E-state index contributed by atoms with van der Waals surface area (Å²) in [6, 6.07) is 13.0. The number of nitrogens with one attached hydrogen (secondary N) is 2. The van der Waals surface area contributed by atoms with E-state index < -0.39 is 15.8 Å². The highest BCUT2D eigenvalue weighted by molar-refractivity contribution is 7.92. The van der Waals surface area contributed by atoms with Gasteiger partial charge in [0.2, 0.25) is 15.9 Å². The van der Waals surface area contributed by atoms with Crippen LogP contribution in [0.3, 0.4) is 0 Å². The Labute approximate surface area is 193 Å². The number of aryl methyl sites for hydroxylation is 1. The molecule has 0 bridgehead atoms. The molecule has 0 saturated carbocycles. The second-order valence-electron chi connectivity index (χ2n) is 7.14. The number of sulfonamides is 1. The van der Waals surface area contributed by atoms with Gasteiger partial charge in [-0.3, -0.25) is 9.52 Å². The van der Waals surface area contributed by atoms with Crippen LogP contribution in [0.4, 0.5) is 15.2 Å². The Kier molecular flexibility index (Phi) is 6.52. The number of carbonyl (C=O) groups is 1. The Hall–Kier alpha value is -3.57. The highest BCUT2D eigenvalue weighted by Crippen LogP contribution is 2.27. The van der Waals surface area contributed by atoms with Crippen LogP contribution in [0.1, 0.15) is 12.3 Å². The van der Waals surface area contributed by atoms with Gasteiger partial charge < -0.3 is 9.73 Å². The van der Waals surface area contributed by atoms with Gasteiger partial charge in [-0.2, -0.15) is 0 Å². The maximum atomic E-state index is 13.9. The van der Waals surface area contributed by atoms with Gasteiger partial charge in [0.05, 0.1) is 23.7 Å². The van der Waals surface area contributed by atoms with Crippen molar-refractivity contribution in [1.29, 1.82) is 0 Å². The number of hydrogen-bond acceptors (Lipinski definition) is 7. The first-order valence-corrected chi connectivity index (χ1v) is 12.6. The first kappa shape index (κ1) is 22.6. The van der Waals surface area contributed by atoms with Gasteiger partial charge in [-0.05, 0) is 24.3 Å². The van der Waals surface area contributed by atoms with E-state index in [2.05, 4.69) is 20.0 Å². The van der Waals surface area contributed by atoms with Gasteiger partial charge in [-0.1, -0.05) is 24.3 Å². The smallest absolute Gasteiger partial charge is 0.229 e. The van der Waals surface area contributed by atoms with Crippen LogP contribution < -0.4 is 10.0 Å². The first-order chi connectivity index (χ1) is 15.8. The van der Waals surface area contributed by atoms with Gasteiger partial charge in [0.1, 0.15) is 5.82 Å². The zero-order valence-corrected chi connectivity index (χ0v) is 19.0. The average molecular weight is 487 g/mol. The quantitative estimate of drug-likeness (QED) is 0.378. The molecule has 0 radical (unpaired) electrons. The minimum absolute atomic E-state index is 0.123. The molecule has 4 aromatic rings. The third-order valence-electron chi connectivity index (χ3n) is 4.49. The largest absolute Gasteiger partial charge is 0.441 e. The van der Waals surface area contributed by atoms with Crippen LogP contribution in [0.5, 0.6) is 0 Å². The van der Waals surface area contributed by atoms with Gasteiger partial charge >= 0.3 is 0 Å². The molecule has 11 heteroatoms. The summed E-state index contributed by atoms with van der Waals surface area (Å²) in [6.45, 7) is 0. The van der Waals surface area contributed by atoms with E-state index in [1.54, 1.807) is 47.8 Å². The van der Waals surface area contributed by atoms with Crippen molar-refractivity contribution in [3.63, 3.8) is 0 Å². The van der Waals surface area contributed by atoms with Gasteiger partial charge in [-0.25, -0.2) is 22.8 Å². The van der Waals surface area contributed by atoms with Crippen molar-refractivity contribution in [3.8, 4) is 22.6 Å². The number of halogens is 1. The fourth-order valence-corrected chi connectivity index (χ4v) is 4.30. The molecule has 0 aliphatic rings. The summed E-state index contributed by atoms with van der Waals surface area (Å²) in [7, 11) is -3.34. The monoisotopic (exact) mass is 486 g/mol. The highest BCUT2D eigenvalue weighted by atomic mass is 32.2. The Balaban J connectivity index is 1.32. The number of hydrogen-bond donors (Lipinski definition) is 2. The molecule has 0 spiro atoms. The van der Waals surface area contributed by atoms with Crippen LogP contribution in [-0.2, 0) is 21.2 Å². The number of carbonyl (C=O) groups excluding carboxylic acids is 1. The van der Waals surface area contributed by atoms with E-state index in [-0.39, 0.29) is 18.7 Å². The summed E-state index contributed by atoms with van der Waals surface area (Å²) in [6.07, 6.45) is 2.90. The molecule has 0 aliphatic heterocycles. The topological polar surface area (TPSA) is 114 Å². The molecule has 2 aromatic heterocycles. The van der Waals surface area contributed by atoms with E-state index >= 15 is 0 Å². The predicted octanol–water partition coefficient (Wildman–Crippen LogP) is 4.55. The fraction of sp³-hybridized carbons (Fsp3) is 0.136. The van der Waals surface area contributed by atoms with Crippen molar-refractivity contribution >= 4 is 38.1 Å². The Morgan fingerprint density at radius 1 is 1.15 bits per heavy atom. The molecule has 0 fully saturated rings. The summed E-state index contributed by atoms with van der Waals surface area (Å²) in [5.74, 6) is -0.00934. The van der Waals surface area contributed by atoms with Crippen molar-refractivity contribution in [2.45, 2.75) is 12.8 Å². The number of nitrogens with zero attached hydrogens (tertiary/aromatic N) is 2. The van der Waals surface area contributed by atoms with E-state index in [1.807, 2.05) is 0 Å². The zero-order valence-electron chi connectivity index (χ0n) is 17.4. The summed E-state index contributed by atoms with van der Waals surface area (Å²) >= 11 is 1.28. The lowest BCUT2D eigenvalue weighted by molar-refractivity contribution is -0.116. The first-order valence-electron chi connectivity index (χ1n) is 9.80. The number of oxazole rings is 1. The second kappa shape index (κ2) is 9.51. The summed E-state index contributed by atoms with van der Waals surface area (Å²) in [5.41, 5.74) is 2.21. The third kappa shape index (κ3) is 6.02. The molecule has 2 aromatic carbocycles. The molecule has 1 amide bonds. The van der Waals surface area contributed by atoms with Gasteiger partial charge in [0, 0.05) is 29.5 Å². The predicted molar refractivity (Wildman–Crippen MR) is 125 cm³/mol. The molecule has 33 heavy (non-hydrogen) atoms. The van der Waals surface area contributed by atoms with Crippen LogP contribution in [0.25, 0.3) is 22.6 Å². The summed E-state index contributed by atoms with van der Waals surface area (Å²) in [4.78, 5) is 20.8. The highest BCUT2D eigenvalue weighted by Gasteiger charge is 2.13. The summed E-state index contributed by atoms with van der Waals surface area (Å²) < 4.78 is 44.4. The van der Waals surface area contributed by atoms with Gasteiger partial charge in [0.15, 0.2) is 16.8 Å². The molecule has 0 aliphatic carbocycles. The van der Waals surface area contributed by atoms with Crippen molar-refractivity contribution < 1.29 is 22.0 Å². The zero-order chi connectivity index (χ0) is 23.4. The van der Waals surface area contributed by atoms with Gasteiger partial charge in [-0.15, -0.1) is 11.3 Å². The molecule has 2 heterocycles. The molecule has 8 nitrogen and oxygen atoms in total. The lowest BCUT2D eigenvalue weighted by Gasteiger charge is -2.04. The number of anilines is 2. The van der Waals surface area contributed by atoms with Gasteiger partial charge in [0.25, 0.3) is 0 Å². The lowest BCUT2D eigenvalue weighted by atomic mass is 10.1. The van der Waals surface area contributed by atoms with Crippen LogP contribution in [0.15, 0.2) is 64.5 Å². The van der Waals surface area contributed by atoms with Crippen LogP contribution in [0.2, 0.25) is 0 Å². The number of benzene rings is 2.